The molecule has 0 unspecified atom stereocenters. The van der Waals surface area contributed by atoms with Gasteiger partial charge in [0.1, 0.15) is 12.7 Å². The Kier molecular flexibility index (Phi) is 6.11. The molecule has 0 aliphatic carbocycles. The Morgan fingerprint density at radius 2 is 1.93 bits per heavy atom. The van der Waals surface area contributed by atoms with Gasteiger partial charge in [0, 0.05) is 19.7 Å². The van der Waals surface area contributed by atoms with Crippen LogP contribution in [0.1, 0.15) is 36.1 Å². The van der Waals surface area contributed by atoms with E-state index < -0.39 is 0 Å². The molecule has 0 fully saturated rings. The standard InChI is InChI=1S/C20H22N6O2/c1-14-3-6-17(7-4-14)18(25-15(2)27)9-20(28)23-11-16-5-8-19(22-10-16)26-13-21-12-24-26/h3-8,10,12-13,18H,9,11H2,1-2H3,(H,23,28)(H,25,27)/t18-/m1/s1. The van der Waals surface area contributed by atoms with Crippen molar-refractivity contribution in [2.24, 2.45) is 0 Å². The molecule has 1 aromatic carbocycles. The Hall–Kier alpha value is -3.55. The third-order valence-corrected chi connectivity index (χ3v) is 4.20. The van der Waals surface area contributed by atoms with Gasteiger partial charge in [0.2, 0.25) is 11.8 Å². The number of aromatic nitrogens is 4. The minimum Gasteiger partial charge on any atom is -0.352 e. The van der Waals surface area contributed by atoms with Crippen molar-refractivity contribution < 1.29 is 9.59 Å². The highest BCUT2D eigenvalue weighted by Gasteiger charge is 2.17. The first-order chi connectivity index (χ1) is 13.5. The van der Waals surface area contributed by atoms with E-state index in [4.69, 9.17) is 0 Å². The van der Waals surface area contributed by atoms with Gasteiger partial charge in [0.05, 0.1) is 12.5 Å². The van der Waals surface area contributed by atoms with E-state index in [0.29, 0.717) is 12.4 Å². The Morgan fingerprint density at radius 3 is 2.54 bits per heavy atom. The monoisotopic (exact) mass is 378 g/mol. The average Bonchev–Trinajstić information content (AvgIpc) is 3.21. The number of rotatable bonds is 7. The molecule has 0 saturated carbocycles. The number of amides is 2. The SMILES string of the molecule is CC(=O)N[C@H](CC(=O)NCc1ccc(-n2cncn2)nc1)c1ccc(C)cc1. The highest BCUT2D eigenvalue weighted by molar-refractivity contribution is 5.79. The highest BCUT2D eigenvalue weighted by Crippen LogP contribution is 2.17. The van der Waals surface area contributed by atoms with E-state index in [2.05, 4.69) is 25.7 Å². The van der Waals surface area contributed by atoms with Gasteiger partial charge in [-0.2, -0.15) is 5.10 Å². The second kappa shape index (κ2) is 8.90. The molecule has 1 atom stereocenters. The molecule has 2 amide bonds. The van der Waals surface area contributed by atoms with Crippen LogP contribution in [0.5, 0.6) is 0 Å². The number of carbonyl (C=O) groups excluding carboxylic acids is 2. The molecule has 2 aromatic heterocycles. The van der Waals surface area contributed by atoms with Gasteiger partial charge in [-0.25, -0.2) is 14.6 Å². The summed E-state index contributed by atoms with van der Waals surface area (Å²) in [7, 11) is 0. The zero-order valence-electron chi connectivity index (χ0n) is 15.8. The fraction of sp³-hybridized carbons (Fsp3) is 0.250. The summed E-state index contributed by atoms with van der Waals surface area (Å²) in [6, 6.07) is 11.1. The van der Waals surface area contributed by atoms with Crippen LogP contribution in [0.15, 0.2) is 55.2 Å². The van der Waals surface area contributed by atoms with Crippen molar-refractivity contribution in [2.75, 3.05) is 0 Å². The number of hydrogen-bond donors (Lipinski definition) is 2. The lowest BCUT2D eigenvalue weighted by Gasteiger charge is -2.18. The highest BCUT2D eigenvalue weighted by atomic mass is 16.2. The van der Waals surface area contributed by atoms with Crippen molar-refractivity contribution >= 4 is 11.8 Å². The van der Waals surface area contributed by atoms with E-state index in [9.17, 15) is 9.59 Å². The summed E-state index contributed by atoms with van der Waals surface area (Å²) in [5.41, 5.74) is 2.88. The average molecular weight is 378 g/mol. The summed E-state index contributed by atoms with van der Waals surface area (Å²) in [6.07, 6.45) is 4.85. The molecule has 8 heteroatoms. The molecule has 8 nitrogen and oxygen atoms in total. The Labute approximate surface area is 163 Å². The molecule has 3 rings (SSSR count). The fourth-order valence-corrected chi connectivity index (χ4v) is 2.74. The lowest BCUT2D eigenvalue weighted by Crippen LogP contribution is -2.32. The molecule has 3 aromatic rings. The van der Waals surface area contributed by atoms with E-state index in [1.807, 2.05) is 43.3 Å². The van der Waals surface area contributed by atoms with Crippen LogP contribution in [0, 0.1) is 6.92 Å². The van der Waals surface area contributed by atoms with Gasteiger partial charge in [0.25, 0.3) is 0 Å². The van der Waals surface area contributed by atoms with Gasteiger partial charge in [-0.3, -0.25) is 9.59 Å². The lowest BCUT2D eigenvalue weighted by molar-refractivity contribution is -0.122. The zero-order valence-corrected chi connectivity index (χ0v) is 15.8. The Bertz CT molecular complexity index is 920. The van der Waals surface area contributed by atoms with Crippen LogP contribution in [0.25, 0.3) is 5.82 Å². The van der Waals surface area contributed by atoms with Crippen LogP contribution in [0.2, 0.25) is 0 Å². The fourth-order valence-electron chi connectivity index (χ4n) is 2.74. The van der Waals surface area contributed by atoms with Gasteiger partial charge in [-0.1, -0.05) is 35.9 Å². The molecule has 0 saturated heterocycles. The van der Waals surface area contributed by atoms with Gasteiger partial charge >= 0.3 is 0 Å². The molecule has 0 aliphatic rings. The number of nitrogens with zero attached hydrogens (tertiary/aromatic N) is 4. The normalized spacial score (nSPS) is 11.6. The molecule has 0 aliphatic heterocycles. The van der Waals surface area contributed by atoms with Crippen LogP contribution in [0.3, 0.4) is 0 Å². The number of benzene rings is 1. The second-order valence-electron chi connectivity index (χ2n) is 6.51. The summed E-state index contributed by atoms with van der Waals surface area (Å²) in [5.74, 6) is 0.323. The minimum atomic E-state index is -0.370. The first kappa shape index (κ1) is 19.2. The van der Waals surface area contributed by atoms with Crippen LogP contribution in [0.4, 0.5) is 0 Å². The van der Waals surface area contributed by atoms with Crippen molar-refractivity contribution in [1.82, 2.24) is 30.4 Å². The van der Waals surface area contributed by atoms with Gasteiger partial charge in [-0.05, 0) is 24.1 Å². The second-order valence-corrected chi connectivity index (χ2v) is 6.51. The Morgan fingerprint density at radius 1 is 1.14 bits per heavy atom. The predicted molar refractivity (Wildman–Crippen MR) is 103 cm³/mol. The first-order valence-corrected chi connectivity index (χ1v) is 8.91. The van der Waals surface area contributed by atoms with Crippen molar-refractivity contribution in [1.29, 1.82) is 0 Å². The van der Waals surface area contributed by atoms with Crippen molar-refractivity contribution in [3.63, 3.8) is 0 Å². The maximum absolute atomic E-state index is 12.4. The maximum atomic E-state index is 12.4. The van der Waals surface area contributed by atoms with Crippen LogP contribution in [-0.2, 0) is 16.1 Å². The number of pyridine rings is 1. The first-order valence-electron chi connectivity index (χ1n) is 8.91. The number of nitrogens with one attached hydrogen (secondary N) is 2. The lowest BCUT2D eigenvalue weighted by atomic mass is 10.0. The maximum Gasteiger partial charge on any atom is 0.222 e. The number of aryl methyl sites for hydroxylation is 1. The minimum absolute atomic E-state index is 0.153. The molecule has 0 spiro atoms. The van der Waals surface area contributed by atoms with E-state index in [-0.39, 0.29) is 24.3 Å². The molecular formula is C20H22N6O2. The van der Waals surface area contributed by atoms with Crippen LogP contribution < -0.4 is 10.6 Å². The molecule has 144 valence electrons. The van der Waals surface area contributed by atoms with Crippen molar-refractivity contribution in [2.45, 2.75) is 32.9 Å². The van der Waals surface area contributed by atoms with Gasteiger partial charge in [0.15, 0.2) is 5.82 Å². The van der Waals surface area contributed by atoms with Crippen molar-refractivity contribution in [3.05, 3.63) is 71.9 Å². The van der Waals surface area contributed by atoms with E-state index in [1.165, 1.54) is 13.3 Å². The Balaban J connectivity index is 1.58. The van der Waals surface area contributed by atoms with Gasteiger partial charge in [-0.15, -0.1) is 0 Å². The zero-order chi connectivity index (χ0) is 19.9. The topological polar surface area (TPSA) is 102 Å². The smallest absolute Gasteiger partial charge is 0.222 e. The van der Waals surface area contributed by atoms with E-state index in [0.717, 1.165) is 16.7 Å². The molecule has 0 bridgehead atoms. The van der Waals surface area contributed by atoms with E-state index in [1.54, 1.807) is 17.2 Å². The molecule has 2 N–H and O–H groups in total. The molecular weight excluding hydrogens is 356 g/mol. The van der Waals surface area contributed by atoms with Gasteiger partial charge < -0.3 is 10.6 Å². The summed E-state index contributed by atoms with van der Waals surface area (Å²) in [5, 5.41) is 9.73. The summed E-state index contributed by atoms with van der Waals surface area (Å²) < 4.78 is 1.56. The molecule has 0 radical (unpaired) electrons. The number of hydrogen-bond acceptors (Lipinski definition) is 5. The van der Waals surface area contributed by atoms with E-state index >= 15 is 0 Å². The summed E-state index contributed by atoms with van der Waals surface area (Å²) in [6.45, 7) is 3.79. The largest absolute Gasteiger partial charge is 0.352 e. The number of carbonyl (C=O) groups is 2. The summed E-state index contributed by atoms with van der Waals surface area (Å²) >= 11 is 0. The van der Waals surface area contributed by atoms with Crippen LogP contribution in [-0.4, -0.2) is 31.6 Å². The van der Waals surface area contributed by atoms with Crippen molar-refractivity contribution in [3.8, 4) is 5.82 Å². The molecule has 2 heterocycles. The molecule has 28 heavy (non-hydrogen) atoms. The summed E-state index contributed by atoms with van der Waals surface area (Å²) in [4.78, 5) is 32.1. The predicted octanol–water partition coefficient (Wildman–Crippen LogP) is 1.85. The van der Waals surface area contributed by atoms with Crippen LogP contribution >= 0.6 is 0 Å². The quantitative estimate of drug-likeness (QED) is 0.653. The third-order valence-electron chi connectivity index (χ3n) is 4.20. The third kappa shape index (κ3) is 5.23.